The lowest BCUT2D eigenvalue weighted by Crippen LogP contribution is -2.03. The van der Waals surface area contributed by atoms with Gasteiger partial charge in [0.1, 0.15) is 6.26 Å². The van der Waals surface area contributed by atoms with Crippen molar-refractivity contribution in [2.45, 2.75) is 11.4 Å². The fourth-order valence-corrected chi connectivity index (χ4v) is 2.51. The number of H-pyrrole nitrogens is 1. The summed E-state index contributed by atoms with van der Waals surface area (Å²) in [7, 11) is 0. The van der Waals surface area contributed by atoms with Crippen LogP contribution in [0, 0.1) is 10.1 Å². The lowest BCUT2D eigenvalue weighted by Gasteiger charge is -2.01. The maximum atomic E-state index is 11.4. The highest BCUT2D eigenvalue weighted by atomic mass is 32.2. The third-order valence-corrected chi connectivity index (χ3v) is 3.49. The minimum absolute atomic E-state index is 0.0697. The Hall–Kier alpha value is -1.79. The second kappa shape index (κ2) is 5.24. The van der Waals surface area contributed by atoms with Gasteiger partial charge in [0.25, 0.3) is 0 Å². The van der Waals surface area contributed by atoms with Crippen molar-refractivity contribution in [3.63, 3.8) is 0 Å². The average molecular weight is 264 g/mol. The van der Waals surface area contributed by atoms with Crippen LogP contribution in [-0.2, 0) is 17.6 Å². The van der Waals surface area contributed by atoms with E-state index in [1.807, 2.05) is 30.3 Å². The van der Waals surface area contributed by atoms with E-state index in [0.717, 1.165) is 5.56 Å². The number of hydrogen-bond donors (Lipinski definition) is 1. The molecule has 0 aliphatic heterocycles. The van der Waals surface area contributed by atoms with Gasteiger partial charge in [0.15, 0.2) is 0 Å². The van der Waals surface area contributed by atoms with Crippen LogP contribution in [0.3, 0.4) is 0 Å². The first kappa shape index (κ1) is 12.7. The van der Waals surface area contributed by atoms with Gasteiger partial charge in [-0.05, 0) is 5.56 Å². The van der Waals surface area contributed by atoms with E-state index < -0.39 is 16.1 Å². The Kier molecular flexibility index (Phi) is 3.69. The van der Waals surface area contributed by atoms with Crippen molar-refractivity contribution in [2.24, 2.45) is 0 Å². The van der Waals surface area contributed by atoms with Gasteiger partial charge in [-0.3, -0.25) is 10.1 Å². The molecule has 1 N–H and O–H groups in total. The molecule has 1 unspecified atom stereocenters. The summed E-state index contributed by atoms with van der Waals surface area (Å²) in [6.07, 6.45) is 3.43. The molecule has 0 saturated carbocycles. The zero-order valence-corrected chi connectivity index (χ0v) is 10.6. The lowest BCUT2D eigenvalue weighted by molar-refractivity contribution is -0.388. The fourth-order valence-electron chi connectivity index (χ4n) is 1.81. The molecule has 0 radical (unpaired) electrons. The van der Waals surface area contributed by atoms with Gasteiger partial charge in [-0.2, -0.15) is 0 Å². The molecule has 1 aromatic carbocycles. The van der Waals surface area contributed by atoms with Crippen molar-refractivity contribution < 1.29 is 9.48 Å². The molecular formula is C12H12N2O3S. The normalized spacial score (nSPS) is 12.3. The molecule has 1 aromatic heterocycles. The molecule has 0 aliphatic rings. The summed E-state index contributed by atoms with van der Waals surface area (Å²) in [5.74, 6) is 0. The second-order valence-corrected chi connectivity index (χ2v) is 5.18. The Labute approximate surface area is 107 Å². The van der Waals surface area contributed by atoms with Crippen molar-refractivity contribution >= 4 is 16.9 Å². The Bertz CT molecular complexity index is 552. The number of nitrogens with one attached hydrogen (secondary N) is 1. The standard InChI is InChI=1S/C12H12N2O3S/c1-18(17)12-11(14(15)16)10(8-13-12)7-9-5-3-2-4-6-9/h2-6,8,13H,7H2,1H3. The summed E-state index contributed by atoms with van der Waals surface area (Å²) in [5.41, 5.74) is 1.46. The van der Waals surface area contributed by atoms with Crippen LogP contribution in [0.2, 0.25) is 0 Å². The van der Waals surface area contributed by atoms with Crippen LogP contribution < -0.4 is 0 Å². The molecule has 1 atom stereocenters. The number of hydrogen-bond acceptors (Lipinski definition) is 3. The molecular weight excluding hydrogens is 252 g/mol. The molecule has 0 bridgehead atoms. The molecule has 0 aliphatic carbocycles. The van der Waals surface area contributed by atoms with Gasteiger partial charge in [-0.1, -0.05) is 30.3 Å². The maximum Gasteiger partial charge on any atom is 0.346 e. The molecule has 0 amide bonds. The van der Waals surface area contributed by atoms with E-state index in [2.05, 4.69) is 4.98 Å². The maximum absolute atomic E-state index is 11.4. The Balaban J connectivity index is 2.37. The largest absolute Gasteiger partial charge is 0.610 e. The monoisotopic (exact) mass is 264 g/mol. The minimum atomic E-state index is -1.40. The zero-order chi connectivity index (χ0) is 13.1. The predicted octanol–water partition coefficient (Wildman–Crippen LogP) is 2.25. The number of nitrogens with zero attached hydrogens (tertiary/aromatic N) is 1. The SMILES string of the molecule is C[S+]([O-])c1[nH]cc(Cc2ccccc2)c1[N+](=O)[O-]. The fraction of sp³-hybridized carbons (Fsp3) is 0.167. The van der Waals surface area contributed by atoms with Gasteiger partial charge in [0.2, 0.25) is 0 Å². The summed E-state index contributed by atoms with van der Waals surface area (Å²) >= 11 is -1.40. The van der Waals surface area contributed by atoms with E-state index in [4.69, 9.17) is 0 Å². The highest BCUT2D eigenvalue weighted by molar-refractivity contribution is 7.90. The van der Waals surface area contributed by atoms with Gasteiger partial charge >= 0.3 is 10.7 Å². The summed E-state index contributed by atoms with van der Waals surface area (Å²) in [5, 5.41) is 11.2. The zero-order valence-electron chi connectivity index (χ0n) is 9.75. The molecule has 5 nitrogen and oxygen atoms in total. The molecule has 0 fully saturated rings. The van der Waals surface area contributed by atoms with Crippen LogP contribution in [0.25, 0.3) is 0 Å². The molecule has 2 aromatic rings. The Morgan fingerprint density at radius 3 is 2.56 bits per heavy atom. The van der Waals surface area contributed by atoms with Crippen molar-refractivity contribution in [3.05, 3.63) is 57.8 Å². The lowest BCUT2D eigenvalue weighted by atomic mass is 10.1. The highest BCUT2D eigenvalue weighted by Crippen LogP contribution is 2.29. The predicted molar refractivity (Wildman–Crippen MR) is 69.0 cm³/mol. The first-order chi connectivity index (χ1) is 8.59. The number of benzene rings is 1. The van der Waals surface area contributed by atoms with Crippen LogP contribution in [0.4, 0.5) is 5.69 Å². The van der Waals surface area contributed by atoms with Crippen LogP contribution in [0.15, 0.2) is 41.6 Å². The van der Waals surface area contributed by atoms with E-state index in [-0.39, 0.29) is 10.7 Å². The van der Waals surface area contributed by atoms with Gasteiger partial charge in [0.05, 0.1) is 10.5 Å². The molecule has 0 saturated heterocycles. The van der Waals surface area contributed by atoms with Crippen molar-refractivity contribution in [1.82, 2.24) is 4.98 Å². The van der Waals surface area contributed by atoms with Crippen molar-refractivity contribution in [1.29, 1.82) is 0 Å². The number of rotatable bonds is 4. The van der Waals surface area contributed by atoms with Crippen LogP contribution in [0.1, 0.15) is 11.1 Å². The van der Waals surface area contributed by atoms with E-state index in [9.17, 15) is 14.7 Å². The summed E-state index contributed by atoms with van der Waals surface area (Å²) < 4.78 is 11.4. The summed E-state index contributed by atoms with van der Waals surface area (Å²) in [6.45, 7) is 0. The third-order valence-electron chi connectivity index (χ3n) is 2.60. The molecule has 18 heavy (non-hydrogen) atoms. The number of aromatic nitrogens is 1. The first-order valence-corrected chi connectivity index (χ1v) is 6.87. The van der Waals surface area contributed by atoms with E-state index in [1.165, 1.54) is 6.26 Å². The quantitative estimate of drug-likeness (QED) is 0.522. The Morgan fingerprint density at radius 1 is 1.33 bits per heavy atom. The number of nitro groups is 1. The first-order valence-electron chi connectivity index (χ1n) is 5.31. The summed E-state index contributed by atoms with van der Waals surface area (Å²) in [4.78, 5) is 13.3. The van der Waals surface area contributed by atoms with Crippen molar-refractivity contribution in [3.8, 4) is 0 Å². The van der Waals surface area contributed by atoms with Crippen LogP contribution in [0.5, 0.6) is 0 Å². The van der Waals surface area contributed by atoms with Gasteiger partial charge < -0.3 is 9.54 Å². The van der Waals surface area contributed by atoms with Crippen molar-refractivity contribution in [2.75, 3.05) is 6.26 Å². The minimum Gasteiger partial charge on any atom is -0.610 e. The van der Waals surface area contributed by atoms with Crippen LogP contribution >= 0.6 is 0 Å². The Morgan fingerprint density at radius 2 is 2.00 bits per heavy atom. The van der Waals surface area contributed by atoms with E-state index in [1.54, 1.807) is 6.20 Å². The van der Waals surface area contributed by atoms with Gasteiger partial charge in [0, 0.05) is 23.8 Å². The highest BCUT2D eigenvalue weighted by Gasteiger charge is 2.28. The molecule has 1 heterocycles. The topological polar surface area (TPSA) is 82.0 Å². The average Bonchev–Trinajstić information content (AvgIpc) is 2.74. The van der Waals surface area contributed by atoms with Gasteiger partial charge in [-0.25, -0.2) is 0 Å². The van der Waals surface area contributed by atoms with E-state index >= 15 is 0 Å². The van der Waals surface area contributed by atoms with E-state index in [0.29, 0.717) is 12.0 Å². The van der Waals surface area contributed by atoms with Crippen LogP contribution in [-0.4, -0.2) is 20.7 Å². The molecule has 94 valence electrons. The molecule has 0 spiro atoms. The number of aromatic amines is 1. The van der Waals surface area contributed by atoms with Gasteiger partial charge in [-0.15, -0.1) is 0 Å². The third kappa shape index (κ3) is 2.55. The second-order valence-electron chi connectivity index (χ2n) is 3.87. The molecule has 6 heteroatoms. The molecule has 2 rings (SSSR count). The smallest absolute Gasteiger partial charge is 0.346 e. The summed E-state index contributed by atoms with van der Waals surface area (Å²) in [6, 6.07) is 9.46.